The molecule has 0 atom stereocenters. The number of carbonyl (C=O) groups is 1. The molecular formula is C15H21FN2O. The molecule has 0 aliphatic heterocycles. The largest absolute Gasteiger partial charge is 0.325 e. The second kappa shape index (κ2) is 5.70. The van der Waals surface area contributed by atoms with Crippen molar-refractivity contribution in [1.29, 1.82) is 0 Å². The van der Waals surface area contributed by atoms with Gasteiger partial charge in [-0.3, -0.25) is 4.79 Å². The van der Waals surface area contributed by atoms with Crippen LogP contribution in [-0.2, 0) is 4.79 Å². The van der Waals surface area contributed by atoms with E-state index in [0.717, 1.165) is 31.4 Å². The summed E-state index contributed by atoms with van der Waals surface area (Å²) in [5, 5.41) is 0. The standard InChI is InChI=1S/C15H21FN2O/c1-2-18(13-7-5-12(16)6-8-13)14(19)11-15(17)9-3-4-10-15/h5-8H,2-4,9-11,17H2,1H3. The Bertz CT molecular complexity index is 438. The van der Waals surface area contributed by atoms with Gasteiger partial charge < -0.3 is 10.6 Å². The van der Waals surface area contributed by atoms with Gasteiger partial charge in [-0.2, -0.15) is 0 Å². The smallest absolute Gasteiger partial charge is 0.228 e. The number of hydrogen-bond donors (Lipinski definition) is 1. The highest BCUT2D eigenvalue weighted by molar-refractivity contribution is 5.94. The summed E-state index contributed by atoms with van der Waals surface area (Å²) in [4.78, 5) is 14.0. The van der Waals surface area contributed by atoms with Crippen molar-refractivity contribution in [2.45, 2.75) is 44.6 Å². The molecule has 1 aromatic carbocycles. The minimum absolute atomic E-state index is 0.0264. The van der Waals surface area contributed by atoms with E-state index in [1.54, 1.807) is 17.0 Å². The number of rotatable bonds is 4. The van der Waals surface area contributed by atoms with Gasteiger partial charge in [-0.05, 0) is 44.0 Å². The third-order valence-corrected chi connectivity index (χ3v) is 3.86. The predicted octanol–water partition coefficient (Wildman–Crippen LogP) is 2.84. The van der Waals surface area contributed by atoms with Crippen LogP contribution in [0.2, 0.25) is 0 Å². The summed E-state index contributed by atoms with van der Waals surface area (Å²) < 4.78 is 12.9. The molecule has 104 valence electrons. The second-order valence-corrected chi connectivity index (χ2v) is 5.36. The highest BCUT2D eigenvalue weighted by atomic mass is 19.1. The average molecular weight is 264 g/mol. The van der Waals surface area contributed by atoms with Gasteiger partial charge in [0.25, 0.3) is 0 Å². The lowest BCUT2D eigenvalue weighted by molar-refractivity contribution is -0.119. The summed E-state index contributed by atoms with van der Waals surface area (Å²) in [5.41, 5.74) is 6.64. The quantitative estimate of drug-likeness (QED) is 0.909. The first-order chi connectivity index (χ1) is 9.04. The fourth-order valence-electron chi connectivity index (χ4n) is 2.78. The number of hydrogen-bond acceptors (Lipinski definition) is 2. The Morgan fingerprint density at radius 3 is 2.42 bits per heavy atom. The van der Waals surface area contributed by atoms with Gasteiger partial charge in [0.05, 0.1) is 0 Å². The van der Waals surface area contributed by atoms with E-state index in [1.807, 2.05) is 6.92 Å². The fraction of sp³-hybridized carbons (Fsp3) is 0.533. The van der Waals surface area contributed by atoms with Crippen molar-refractivity contribution in [2.24, 2.45) is 5.73 Å². The number of anilines is 1. The maximum Gasteiger partial charge on any atom is 0.228 e. The van der Waals surface area contributed by atoms with Crippen molar-refractivity contribution in [3.05, 3.63) is 30.1 Å². The van der Waals surface area contributed by atoms with Gasteiger partial charge in [0.2, 0.25) is 5.91 Å². The van der Waals surface area contributed by atoms with E-state index in [9.17, 15) is 9.18 Å². The zero-order chi connectivity index (χ0) is 13.9. The summed E-state index contributed by atoms with van der Waals surface area (Å²) in [5.74, 6) is -0.267. The van der Waals surface area contributed by atoms with Crippen LogP contribution in [0.25, 0.3) is 0 Å². The molecule has 0 radical (unpaired) electrons. The molecule has 0 spiro atoms. The van der Waals surface area contributed by atoms with Crippen molar-refractivity contribution >= 4 is 11.6 Å². The number of benzene rings is 1. The molecule has 0 aromatic heterocycles. The summed E-state index contributed by atoms with van der Waals surface area (Å²) in [6, 6.07) is 6.02. The van der Waals surface area contributed by atoms with E-state index in [1.165, 1.54) is 12.1 Å². The molecule has 2 rings (SSSR count). The topological polar surface area (TPSA) is 46.3 Å². The van der Waals surface area contributed by atoms with Crippen LogP contribution in [-0.4, -0.2) is 18.0 Å². The molecule has 1 amide bonds. The first kappa shape index (κ1) is 14.0. The normalized spacial score (nSPS) is 17.4. The first-order valence-electron chi connectivity index (χ1n) is 6.89. The van der Waals surface area contributed by atoms with Gasteiger partial charge in [-0.25, -0.2) is 4.39 Å². The van der Waals surface area contributed by atoms with Crippen LogP contribution < -0.4 is 10.6 Å². The number of amides is 1. The monoisotopic (exact) mass is 264 g/mol. The third kappa shape index (κ3) is 3.32. The summed E-state index contributed by atoms with van der Waals surface area (Å²) in [7, 11) is 0. The van der Waals surface area contributed by atoms with Crippen molar-refractivity contribution < 1.29 is 9.18 Å². The number of halogens is 1. The Hall–Kier alpha value is -1.42. The molecule has 2 N–H and O–H groups in total. The van der Waals surface area contributed by atoms with E-state index in [4.69, 9.17) is 5.73 Å². The minimum Gasteiger partial charge on any atom is -0.325 e. The average Bonchev–Trinajstić information content (AvgIpc) is 2.79. The van der Waals surface area contributed by atoms with Crippen LogP contribution in [0.4, 0.5) is 10.1 Å². The van der Waals surface area contributed by atoms with Crippen LogP contribution in [0.3, 0.4) is 0 Å². The van der Waals surface area contributed by atoms with Gasteiger partial charge >= 0.3 is 0 Å². The molecular weight excluding hydrogens is 243 g/mol. The molecule has 0 unspecified atom stereocenters. The summed E-state index contributed by atoms with van der Waals surface area (Å²) in [6.07, 6.45) is 4.41. The number of nitrogens with two attached hydrogens (primary N) is 1. The molecule has 4 heteroatoms. The Labute approximate surface area is 113 Å². The summed E-state index contributed by atoms with van der Waals surface area (Å²) in [6.45, 7) is 2.49. The molecule has 19 heavy (non-hydrogen) atoms. The third-order valence-electron chi connectivity index (χ3n) is 3.86. The SMILES string of the molecule is CCN(C(=O)CC1(N)CCCC1)c1ccc(F)cc1. The van der Waals surface area contributed by atoms with Gasteiger partial charge in [0.15, 0.2) is 0 Å². The highest BCUT2D eigenvalue weighted by Gasteiger charge is 2.33. The van der Waals surface area contributed by atoms with Crippen molar-refractivity contribution in [2.75, 3.05) is 11.4 Å². The van der Waals surface area contributed by atoms with E-state index < -0.39 is 0 Å². The Kier molecular flexibility index (Phi) is 4.20. The highest BCUT2D eigenvalue weighted by Crippen LogP contribution is 2.31. The van der Waals surface area contributed by atoms with E-state index in [2.05, 4.69) is 0 Å². The van der Waals surface area contributed by atoms with Crippen LogP contribution in [0.15, 0.2) is 24.3 Å². The lowest BCUT2D eigenvalue weighted by Crippen LogP contribution is -2.43. The van der Waals surface area contributed by atoms with Crippen LogP contribution in [0.5, 0.6) is 0 Å². The molecule has 1 saturated carbocycles. The lowest BCUT2D eigenvalue weighted by Gasteiger charge is -2.28. The molecule has 0 saturated heterocycles. The van der Waals surface area contributed by atoms with Crippen molar-refractivity contribution in [1.82, 2.24) is 0 Å². The predicted molar refractivity (Wildman–Crippen MR) is 74.4 cm³/mol. The maximum atomic E-state index is 12.9. The van der Waals surface area contributed by atoms with Gasteiger partial charge in [-0.15, -0.1) is 0 Å². The van der Waals surface area contributed by atoms with E-state index in [-0.39, 0.29) is 17.3 Å². The van der Waals surface area contributed by atoms with Crippen molar-refractivity contribution in [3.63, 3.8) is 0 Å². The molecule has 1 fully saturated rings. The fourth-order valence-corrected chi connectivity index (χ4v) is 2.78. The van der Waals surface area contributed by atoms with Crippen LogP contribution >= 0.6 is 0 Å². The van der Waals surface area contributed by atoms with E-state index >= 15 is 0 Å². The number of nitrogens with zero attached hydrogens (tertiary/aromatic N) is 1. The zero-order valence-corrected chi connectivity index (χ0v) is 11.4. The lowest BCUT2D eigenvalue weighted by atomic mass is 9.94. The van der Waals surface area contributed by atoms with Gasteiger partial charge in [0.1, 0.15) is 5.82 Å². The molecule has 0 heterocycles. The molecule has 1 aliphatic rings. The van der Waals surface area contributed by atoms with Gasteiger partial charge in [0, 0.05) is 24.2 Å². The second-order valence-electron chi connectivity index (χ2n) is 5.36. The Morgan fingerprint density at radius 2 is 1.89 bits per heavy atom. The maximum absolute atomic E-state index is 12.9. The molecule has 0 bridgehead atoms. The zero-order valence-electron chi connectivity index (χ0n) is 11.4. The minimum atomic E-state index is -0.343. The van der Waals surface area contributed by atoms with E-state index in [0.29, 0.717) is 13.0 Å². The Morgan fingerprint density at radius 1 is 1.32 bits per heavy atom. The molecule has 1 aliphatic carbocycles. The Balaban J connectivity index is 2.08. The van der Waals surface area contributed by atoms with Gasteiger partial charge in [-0.1, -0.05) is 12.8 Å². The number of carbonyl (C=O) groups excluding carboxylic acids is 1. The van der Waals surface area contributed by atoms with Crippen molar-refractivity contribution in [3.8, 4) is 0 Å². The van der Waals surface area contributed by atoms with Crippen LogP contribution in [0.1, 0.15) is 39.0 Å². The molecule has 1 aromatic rings. The molecule has 3 nitrogen and oxygen atoms in total. The van der Waals surface area contributed by atoms with Crippen LogP contribution in [0, 0.1) is 5.82 Å². The first-order valence-corrected chi connectivity index (χ1v) is 6.89. The summed E-state index contributed by atoms with van der Waals surface area (Å²) >= 11 is 0.